The zero-order valence-electron chi connectivity index (χ0n) is 50.4. The maximum atomic E-state index is 2.49. The first-order valence-corrected chi connectivity index (χ1v) is 31.2. The molecule has 0 radical (unpaired) electrons. The lowest BCUT2D eigenvalue weighted by molar-refractivity contribution is 0.655. The fraction of sp³-hybridized carbons (Fsp3) is 0.205. The highest BCUT2D eigenvalue weighted by Crippen LogP contribution is 2.55. The Kier molecular flexibility index (Phi) is 11.6. The minimum Gasteiger partial charge on any atom is -0.310 e. The van der Waals surface area contributed by atoms with Crippen LogP contribution < -0.4 is 9.80 Å². The van der Waals surface area contributed by atoms with Gasteiger partial charge in [0.1, 0.15) is 0 Å². The molecule has 11 aromatic carbocycles. The summed E-state index contributed by atoms with van der Waals surface area (Å²) in [7, 11) is 0. The predicted molar refractivity (Wildman–Crippen MR) is 358 cm³/mol. The van der Waals surface area contributed by atoms with Crippen molar-refractivity contribution in [3.05, 3.63) is 286 Å². The summed E-state index contributed by atoms with van der Waals surface area (Å²) in [5.41, 5.74) is 37.9. The molecule has 85 heavy (non-hydrogen) atoms. The number of benzene rings is 11. The van der Waals surface area contributed by atoms with Crippen LogP contribution >= 0.6 is 0 Å². The lowest BCUT2D eigenvalue weighted by Crippen LogP contribution is -2.17. The molecule has 414 valence electrons. The van der Waals surface area contributed by atoms with Crippen molar-refractivity contribution in [1.82, 2.24) is 0 Å². The fourth-order valence-corrected chi connectivity index (χ4v) is 15.3. The van der Waals surface area contributed by atoms with Crippen LogP contribution in [0, 0.1) is 0 Å². The van der Waals surface area contributed by atoms with Gasteiger partial charge in [0.2, 0.25) is 0 Å². The van der Waals surface area contributed by atoms with Crippen molar-refractivity contribution in [2.45, 2.75) is 110 Å². The van der Waals surface area contributed by atoms with Gasteiger partial charge >= 0.3 is 0 Å². The molecule has 0 bridgehead atoms. The van der Waals surface area contributed by atoms with Crippen molar-refractivity contribution in [3.8, 4) is 66.8 Å². The van der Waals surface area contributed by atoms with E-state index < -0.39 is 0 Å². The van der Waals surface area contributed by atoms with Crippen LogP contribution in [0.4, 0.5) is 34.1 Å². The van der Waals surface area contributed by atoms with Gasteiger partial charge in [0, 0.05) is 50.4 Å². The van der Waals surface area contributed by atoms with Gasteiger partial charge in [0.15, 0.2) is 0 Å². The summed E-state index contributed by atoms with van der Waals surface area (Å²) in [6.07, 6.45) is 5.75. The van der Waals surface area contributed by atoms with E-state index in [0.29, 0.717) is 5.92 Å². The Morgan fingerprint density at radius 1 is 0.294 bits per heavy atom. The molecular weight excluding hydrogens is 1020 g/mol. The van der Waals surface area contributed by atoms with Crippen LogP contribution in [0.25, 0.3) is 66.8 Å². The van der Waals surface area contributed by atoms with Crippen molar-refractivity contribution >= 4 is 34.1 Å². The number of aryl methyl sites for hydroxylation is 4. The molecule has 0 saturated heterocycles. The fourth-order valence-electron chi connectivity index (χ4n) is 15.3. The number of fused-ring (bicyclic) bond motifs is 11. The molecule has 2 nitrogen and oxygen atoms in total. The first kappa shape index (κ1) is 51.6. The Balaban J connectivity index is 0.701. The first-order chi connectivity index (χ1) is 41.2. The van der Waals surface area contributed by atoms with Gasteiger partial charge in [-0.3, -0.25) is 0 Å². The highest BCUT2D eigenvalue weighted by Gasteiger charge is 2.39. The Morgan fingerprint density at radius 2 is 0.600 bits per heavy atom. The van der Waals surface area contributed by atoms with Crippen molar-refractivity contribution in [3.63, 3.8) is 0 Å². The molecule has 16 rings (SSSR count). The molecule has 0 saturated carbocycles. The first-order valence-electron chi connectivity index (χ1n) is 31.2. The molecular formula is C83H72N2. The second-order valence-electron chi connectivity index (χ2n) is 26.8. The van der Waals surface area contributed by atoms with E-state index in [0.717, 1.165) is 31.4 Å². The Bertz CT molecular complexity index is 4550. The van der Waals surface area contributed by atoms with Gasteiger partial charge in [-0.2, -0.15) is 0 Å². The van der Waals surface area contributed by atoms with E-state index in [-0.39, 0.29) is 16.2 Å². The third-order valence-electron chi connectivity index (χ3n) is 21.0. The summed E-state index contributed by atoms with van der Waals surface area (Å²) >= 11 is 0. The van der Waals surface area contributed by atoms with Gasteiger partial charge in [-0.1, -0.05) is 189 Å². The molecule has 0 amide bonds. The van der Waals surface area contributed by atoms with Gasteiger partial charge < -0.3 is 9.80 Å². The van der Waals surface area contributed by atoms with E-state index in [1.807, 2.05) is 0 Å². The van der Waals surface area contributed by atoms with E-state index in [9.17, 15) is 0 Å². The summed E-state index contributed by atoms with van der Waals surface area (Å²) in [4.78, 5) is 4.97. The van der Waals surface area contributed by atoms with Gasteiger partial charge in [0.25, 0.3) is 0 Å². The lowest BCUT2D eigenvalue weighted by atomic mass is 9.81. The number of rotatable bonds is 11. The van der Waals surface area contributed by atoms with Gasteiger partial charge in [-0.15, -0.1) is 0 Å². The lowest BCUT2D eigenvalue weighted by Gasteiger charge is -2.30. The minimum absolute atomic E-state index is 0.108. The quantitative estimate of drug-likeness (QED) is 0.127. The molecule has 1 atom stereocenters. The second-order valence-corrected chi connectivity index (χ2v) is 26.8. The molecule has 0 heterocycles. The Hall–Kier alpha value is -8.98. The summed E-state index contributed by atoms with van der Waals surface area (Å²) in [5.74, 6) is 0.540. The highest BCUT2D eigenvalue weighted by atomic mass is 15.1. The van der Waals surface area contributed by atoms with Crippen LogP contribution in [0.15, 0.2) is 224 Å². The van der Waals surface area contributed by atoms with Crippen molar-refractivity contribution < 1.29 is 0 Å². The van der Waals surface area contributed by atoms with Crippen LogP contribution in [0.1, 0.15) is 129 Å². The van der Waals surface area contributed by atoms with Crippen molar-refractivity contribution in [2.75, 3.05) is 9.80 Å². The molecule has 11 aromatic rings. The number of hydrogen-bond donors (Lipinski definition) is 0. The topological polar surface area (TPSA) is 6.48 Å². The third-order valence-corrected chi connectivity index (χ3v) is 21.0. The van der Waals surface area contributed by atoms with E-state index in [4.69, 9.17) is 0 Å². The molecule has 0 aromatic heterocycles. The summed E-state index contributed by atoms with van der Waals surface area (Å²) in [5, 5.41) is 0. The SMILES string of the molecule is CCC(C)c1ccc2c(c1)C(C)(C)c1cc(N(c3ccc(-c4ccc5c(c4)C(C)(C)c4cc(N(c6ccc(-c7ccc8c(c7)C(C)(C)c7cc(-c9ccccc9)ccc7-8)cc6)c6ccc7c(c6)CC7)ccc4-5)cc3)c3ccc4c(c3)CC4)ccc1-2. The molecule has 1 unspecified atom stereocenters. The number of anilines is 6. The van der Waals surface area contributed by atoms with Crippen molar-refractivity contribution in [2.24, 2.45) is 0 Å². The van der Waals surface area contributed by atoms with Gasteiger partial charge in [0.05, 0.1) is 0 Å². The molecule has 2 heteroatoms. The van der Waals surface area contributed by atoms with Crippen molar-refractivity contribution in [1.29, 1.82) is 0 Å². The maximum absolute atomic E-state index is 2.49. The van der Waals surface area contributed by atoms with Crippen LogP contribution in [0.3, 0.4) is 0 Å². The van der Waals surface area contributed by atoms with Gasteiger partial charge in [-0.25, -0.2) is 0 Å². The smallest absolute Gasteiger partial charge is 0.0465 e. The van der Waals surface area contributed by atoms with E-state index in [1.54, 1.807) is 0 Å². The second kappa shape index (κ2) is 19.0. The van der Waals surface area contributed by atoms with Crippen LogP contribution in [-0.2, 0) is 41.9 Å². The molecule has 0 spiro atoms. The zero-order valence-corrected chi connectivity index (χ0v) is 50.4. The van der Waals surface area contributed by atoms with E-state index in [1.165, 1.54) is 163 Å². The number of hydrogen-bond acceptors (Lipinski definition) is 2. The zero-order chi connectivity index (χ0) is 57.7. The Labute approximate surface area is 503 Å². The van der Waals surface area contributed by atoms with E-state index >= 15 is 0 Å². The summed E-state index contributed by atoms with van der Waals surface area (Å²) in [6.45, 7) is 19.1. The Morgan fingerprint density at radius 3 is 0.976 bits per heavy atom. The van der Waals surface area contributed by atoms with E-state index in [2.05, 4.69) is 290 Å². The maximum Gasteiger partial charge on any atom is 0.0465 e. The monoisotopic (exact) mass is 1100 g/mol. The van der Waals surface area contributed by atoms with Crippen LogP contribution in [0.5, 0.6) is 0 Å². The minimum atomic E-state index is -0.223. The molecule has 0 aliphatic heterocycles. The molecule has 5 aliphatic rings. The average Bonchev–Trinajstić information content (AvgIpc) is 1.68. The highest BCUT2D eigenvalue weighted by molar-refractivity contribution is 5.91. The molecule has 0 fully saturated rings. The van der Waals surface area contributed by atoms with Crippen LogP contribution in [0.2, 0.25) is 0 Å². The molecule has 5 aliphatic carbocycles. The van der Waals surface area contributed by atoms with Gasteiger partial charge in [-0.05, 0) is 257 Å². The third kappa shape index (κ3) is 8.04. The molecule has 0 N–H and O–H groups in total. The average molecular weight is 1100 g/mol. The number of nitrogens with zero attached hydrogens (tertiary/aromatic N) is 2. The normalized spacial score (nSPS) is 15.6. The summed E-state index contributed by atoms with van der Waals surface area (Å²) in [6, 6.07) is 86.7. The summed E-state index contributed by atoms with van der Waals surface area (Å²) < 4.78 is 0. The van der Waals surface area contributed by atoms with Crippen LogP contribution in [-0.4, -0.2) is 0 Å². The predicted octanol–water partition coefficient (Wildman–Crippen LogP) is 22.3. The standard InChI is InChI=1S/C83H72N2/c1-9-51(2)57-25-37-69-73-41-35-67(49-79(73)82(5,6)75(69)45-57)84(65-33-23-53-15-17-58(53)43-65)63-31-21-56(22-32-63)62-28-40-72-74-42-36-68(50-80(74)83(7,8)78(72)48-62)85(66-34-24-54-16-18-59(54)44-66)64-29-19-55(20-30-64)61-27-39-71-70-38-26-60(52-13-11-10-12-14-52)46-76(70)81(3,4)77(71)47-61/h10-14,19-51H,9,15-18H2,1-8H3. The largest absolute Gasteiger partial charge is 0.310 e.